The lowest BCUT2D eigenvalue weighted by Crippen LogP contribution is -2.20. The van der Waals surface area contributed by atoms with Crippen molar-refractivity contribution in [2.24, 2.45) is 0 Å². The average molecular weight is 254 g/mol. The highest BCUT2D eigenvalue weighted by Crippen LogP contribution is 2.22. The molecule has 1 aromatic carbocycles. The summed E-state index contributed by atoms with van der Waals surface area (Å²) in [7, 11) is -1.93. The van der Waals surface area contributed by atoms with Gasteiger partial charge in [-0.05, 0) is 24.7 Å². The van der Waals surface area contributed by atoms with Gasteiger partial charge in [0.15, 0.2) is 0 Å². The summed E-state index contributed by atoms with van der Waals surface area (Å²) in [6, 6.07) is 4.72. The van der Waals surface area contributed by atoms with Crippen LogP contribution >= 0.6 is 23.2 Å². The molecule has 14 heavy (non-hydrogen) atoms. The zero-order chi connectivity index (χ0) is 10.8. The van der Waals surface area contributed by atoms with Crippen molar-refractivity contribution in [2.75, 3.05) is 7.05 Å². The first-order chi connectivity index (χ1) is 6.44. The molecule has 0 radical (unpaired) electrons. The number of hydrogen-bond donors (Lipinski definition) is 1. The maximum atomic E-state index is 11.2. The quantitative estimate of drug-likeness (QED) is 0.897. The molecule has 0 aliphatic carbocycles. The lowest BCUT2D eigenvalue weighted by Gasteiger charge is -2.04. The molecule has 0 amide bonds. The number of nitrogens with one attached hydrogen (secondary N) is 1. The van der Waals surface area contributed by atoms with Gasteiger partial charge in [0.25, 0.3) is 0 Å². The predicted octanol–water partition coefficient (Wildman–Crippen LogP) is 2.04. The fourth-order valence-electron chi connectivity index (χ4n) is 0.916. The Morgan fingerprint density at radius 1 is 1.36 bits per heavy atom. The van der Waals surface area contributed by atoms with Crippen LogP contribution in [0, 0.1) is 0 Å². The molecule has 0 spiro atoms. The van der Waals surface area contributed by atoms with Crippen LogP contribution in [0.5, 0.6) is 0 Å². The molecule has 0 heterocycles. The molecule has 0 aromatic heterocycles. The molecule has 3 nitrogen and oxygen atoms in total. The molecule has 0 saturated heterocycles. The van der Waals surface area contributed by atoms with E-state index in [4.69, 9.17) is 23.2 Å². The van der Waals surface area contributed by atoms with Crippen LogP contribution in [-0.2, 0) is 15.8 Å². The molecule has 0 bridgehead atoms. The van der Waals surface area contributed by atoms with E-state index in [9.17, 15) is 8.42 Å². The van der Waals surface area contributed by atoms with Gasteiger partial charge in [-0.2, -0.15) is 0 Å². The minimum absolute atomic E-state index is 0.139. The van der Waals surface area contributed by atoms with E-state index in [0.29, 0.717) is 15.6 Å². The Kier molecular flexibility index (Phi) is 3.78. The predicted molar refractivity (Wildman–Crippen MR) is 58.1 cm³/mol. The van der Waals surface area contributed by atoms with Crippen molar-refractivity contribution in [1.29, 1.82) is 0 Å². The van der Waals surface area contributed by atoms with Crippen molar-refractivity contribution in [3.05, 3.63) is 33.8 Å². The van der Waals surface area contributed by atoms with Gasteiger partial charge in [0.1, 0.15) is 0 Å². The first-order valence-corrected chi connectivity index (χ1v) is 6.20. The Morgan fingerprint density at radius 3 is 2.50 bits per heavy atom. The molecule has 0 saturated carbocycles. The van der Waals surface area contributed by atoms with E-state index < -0.39 is 10.0 Å². The van der Waals surface area contributed by atoms with E-state index in [1.54, 1.807) is 12.1 Å². The van der Waals surface area contributed by atoms with E-state index >= 15 is 0 Å². The minimum atomic E-state index is -3.29. The highest BCUT2D eigenvalue weighted by molar-refractivity contribution is 7.88. The van der Waals surface area contributed by atoms with E-state index in [1.165, 1.54) is 13.1 Å². The second kappa shape index (κ2) is 4.49. The molecule has 1 aromatic rings. The summed E-state index contributed by atoms with van der Waals surface area (Å²) in [5, 5.41) is 0.844. The molecule has 78 valence electrons. The second-order valence-corrected chi connectivity index (χ2v) is 5.47. The summed E-state index contributed by atoms with van der Waals surface area (Å²) in [6.45, 7) is 0. The zero-order valence-electron chi connectivity index (χ0n) is 7.42. The summed E-state index contributed by atoms with van der Waals surface area (Å²) in [4.78, 5) is 0. The first-order valence-electron chi connectivity index (χ1n) is 3.80. The highest BCUT2D eigenvalue weighted by Gasteiger charge is 2.11. The Morgan fingerprint density at radius 2 is 2.00 bits per heavy atom. The van der Waals surface area contributed by atoms with Gasteiger partial charge in [0, 0.05) is 10.0 Å². The summed E-state index contributed by atoms with van der Waals surface area (Å²) < 4.78 is 24.6. The lowest BCUT2D eigenvalue weighted by atomic mass is 10.2. The Balaban J connectivity index is 2.99. The summed E-state index contributed by atoms with van der Waals surface area (Å²) >= 11 is 11.5. The molecule has 0 atom stereocenters. The SMILES string of the molecule is CNS(=O)(=O)Cc1ccc(Cl)cc1Cl. The Hall–Kier alpha value is -0.290. The van der Waals surface area contributed by atoms with Crippen molar-refractivity contribution >= 4 is 33.2 Å². The fourth-order valence-corrected chi connectivity index (χ4v) is 2.28. The maximum absolute atomic E-state index is 11.2. The number of halogens is 2. The van der Waals surface area contributed by atoms with E-state index in [-0.39, 0.29) is 5.75 Å². The highest BCUT2D eigenvalue weighted by atomic mass is 35.5. The van der Waals surface area contributed by atoms with Gasteiger partial charge in [0.05, 0.1) is 5.75 Å². The molecular weight excluding hydrogens is 245 g/mol. The van der Waals surface area contributed by atoms with Gasteiger partial charge in [0.2, 0.25) is 10.0 Å². The van der Waals surface area contributed by atoms with Gasteiger partial charge in [-0.15, -0.1) is 0 Å². The minimum Gasteiger partial charge on any atom is -0.218 e. The molecular formula is C8H9Cl2NO2S. The summed E-state index contributed by atoms with van der Waals surface area (Å²) in [6.07, 6.45) is 0. The molecule has 6 heteroatoms. The van der Waals surface area contributed by atoms with Crippen LogP contribution in [0.1, 0.15) is 5.56 Å². The van der Waals surface area contributed by atoms with E-state index in [2.05, 4.69) is 4.72 Å². The van der Waals surface area contributed by atoms with Crippen molar-refractivity contribution < 1.29 is 8.42 Å². The molecule has 0 unspecified atom stereocenters. The van der Waals surface area contributed by atoms with E-state index in [0.717, 1.165) is 0 Å². The van der Waals surface area contributed by atoms with Crippen molar-refractivity contribution in [3.63, 3.8) is 0 Å². The average Bonchev–Trinajstić information content (AvgIpc) is 2.10. The van der Waals surface area contributed by atoms with Crippen molar-refractivity contribution in [1.82, 2.24) is 4.72 Å². The van der Waals surface area contributed by atoms with Crippen LogP contribution in [0.4, 0.5) is 0 Å². The standard InChI is InChI=1S/C8H9Cl2NO2S/c1-11-14(12,13)5-6-2-3-7(9)4-8(6)10/h2-4,11H,5H2,1H3. The van der Waals surface area contributed by atoms with Gasteiger partial charge >= 0.3 is 0 Å². The third-order valence-corrected chi connectivity index (χ3v) is 3.57. The lowest BCUT2D eigenvalue weighted by molar-refractivity contribution is 0.587. The zero-order valence-corrected chi connectivity index (χ0v) is 9.75. The third kappa shape index (κ3) is 3.13. The molecule has 1 N–H and O–H groups in total. The molecule has 0 aliphatic heterocycles. The van der Waals surface area contributed by atoms with Gasteiger partial charge in [-0.3, -0.25) is 0 Å². The van der Waals surface area contributed by atoms with Crippen LogP contribution in [-0.4, -0.2) is 15.5 Å². The number of hydrogen-bond acceptors (Lipinski definition) is 2. The molecule has 0 fully saturated rings. The topological polar surface area (TPSA) is 46.2 Å². The second-order valence-electron chi connectivity index (χ2n) is 2.70. The van der Waals surface area contributed by atoms with Gasteiger partial charge < -0.3 is 0 Å². The van der Waals surface area contributed by atoms with Crippen LogP contribution in [0.2, 0.25) is 10.0 Å². The fraction of sp³-hybridized carbons (Fsp3) is 0.250. The van der Waals surface area contributed by atoms with Gasteiger partial charge in [-0.1, -0.05) is 29.3 Å². The number of rotatable bonds is 3. The third-order valence-electron chi connectivity index (χ3n) is 1.67. The van der Waals surface area contributed by atoms with Crippen molar-refractivity contribution in [3.8, 4) is 0 Å². The van der Waals surface area contributed by atoms with Crippen LogP contribution < -0.4 is 4.72 Å². The van der Waals surface area contributed by atoms with Crippen LogP contribution in [0.3, 0.4) is 0 Å². The Labute approximate surface area is 93.1 Å². The largest absolute Gasteiger partial charge is 0.218 e. The number of benzene rings is 1. The first kappa shape index (κ1) is 11.8. The van der Waals surface area contributed by atoms with Gasteiger partial charge in [-0.25, -0.2) is 13.1 Å². The monoisotopic (exact) mass is 253 g/mol. The van der Waals surface area contributed by atoms with E-state index in [1.807, 2.05) is 0 Å². The van der Waals surface area contributed by atoms with Crippen LogP contribution in [0.15, 0.2) is 18.2 Å². The van der Waals surface area contributed by atoms with Crippen molar-refractivity contribution in [2.45, 2.75) is 5.75 Å². The summed E-state index contributed by atoms with van der Waals surface area (Å²) in [5.41, 5.74) is 0.533. The normalized spacial score (nSPS) is 11.6. The number of sulfonamides is 1. The Bertz CT molecular complexity index is 431. The maximum Gasteiger partial charge on any atom is 0.215 e. The molecule has 0 aliphatic rings. The smallest absolute Gasteiger partial charge is 0.215 e. The summed E-state index contributed by atoms with van der Waals surface area (Å²) in [5.74, 6) is -0.139. The molecule has 1 rings (SSSR count). The van der Waals surface area contributed by atoms with Crippen LogP contribution in [0.25, 0.3) is 0 Å².